The van der Waals surface area contributed by atoms with Crippen molar-refractivity contribution in [3.05, 3.63) is 49.1 Å². The Morgan fingerprint density at radius 2 is 1.66 bits per heavy atom. The fourth-order valence-electron chi connectivity index (χ4n) is 2.35. The lowest BCUT2D eigenvalue weighted by Crippen LogP contribution is -2.31. The summed E-state index contributed by atoms with van der Waals surface area (Å²) in [5, 5.41) is 10.4. The van der Waals surface area contributed by atoms with Crippen LogP contribution in [0.5, 0.6) is 0 Å². The van der Waals surface area contributed by atoms with Crippen LogP contribution in [0, 0.1) is 0 Å². The van der Waals surface area contributed by atoms with Gasteiger partial charge in [0.05, 0.1) is 0 Å². The predicted molar refractivity (Wildman–Crippen MR) is 158 cm³/mol. The van der Waals surface area contributed by atoms with Gasteiger partial charge in [0, 0.05) is 25.9 Å². The molecule has 1 aliphatic heterocycles. The van der Waals surface area contributed by atoms with Crippen molar-refractivity contribution >= 4 is 24.3 Å². The minimum Gasteiger partial charge on any atom is -0.483 e. The van der Waals surface area contributed by atoms with Crippen LogP contribution in [0.3, 0.4) is 0 Å². The van der Waals surface area contributed by atoms with Crippen LogP contribution in [0.15, 0.2) is 43.5 Å². The van der Waals surface area contributed by atoms with Crippen LogP contribution in [0.1, 0.15) is 80.7 Å². The molecule has 1 fully saturated rings. The van der Waals surface area contributed by atoms with E-state index >= 15 is 0 Å². The standard InChI is InChI=1S/C13H19NS.C7H15NO2.2C2H6.C2H4.CH2O2.CH4/c1-2-5-12(6-3-1)11-15-10-8-13-7-4-9-14-13;1-7(2,3)10-6(9)8(4)5;3*1-2;2-1-3;/h1-3,5-6,13-14H,4,7-11H2;1-5H3;2*1-2H3;1-2H2;1H,(H,2,3);1H4. The zero-order chi connectivity index (χ0) is 27.4. The minimum atomic E-state index is -0.388. The number of ether oxygens (including phenoxy) is 1. The zero-order valence-corrected chi connectivity index (χ0v) is 24.0. The van der Waals surface area contributed by atoms with E-state index in [1.807, 2.05) is 48.5 Å². The first-order chi connectivity index (χ1) is 16.2. The molecule has 2 rings (SSSR count). The van der Waals surface area contributed by atoms with Gasteiger partial charge in [-0.15, -0.1) is 13.2 Å². The van der Waals surface area contributed by atoms with Gasteiger partial charge in [-0.2, -0.15) is 11.8 Å². The van der Waals surface area contributed by atoms with Crippen LogP contribution >= 0.6 is 11.8 Å². The molecule has 0 aliphatic carbocycles. The Kier molecular flexibility index (Phi) is 39.4. The van der Waals surface area contributed by atoms with Crippen molar-refractivity contribution in [3.63, 3.8) is 0 Å². The first kappa shape index (κ1) is 43.1. The smallest absolute Gasteiger partial charge is 0.409 e. The third kappa shape index (κ3) is 34.3. The summed E-state index contributed by atoms with van der Waals surface area (Å²) < 4.78 is 4.99. The number of carbonyl (C=O) groups excluding carboxylic acids is 1. The number of carbonyl (C=O) groups is 2. The van der Waals surface area contributed by atoms with Crippen LogP contribution in [-0.4, -0.2) is 60.6 Å². The maximum atomic E-state index is 10.9. The van der Waals surface area contributed by atoms with Gasteiger partial charge in [-0.05, 0) is 57.9 Å². The van der Waals surface area contributed by atoms with Gasteiger partial charge in [0.2, 0.25) is 0 Å². The van der Waals surface area contributed by atoms with Gasteiger partial charge in [-0.25, -0.2) is 4.79 Å². The van der Waals surface area contributed by atoms with Crippen LogP contribution in [0.25, 0.3) is 0 Å². The molecular formula is C28H56N2O4S. The van der Waals surface area contributed by atoms with Gasteiger partial charge in [-0.1, -0.05) is 65.5 Å². The molecule has 208 valence electrons. The van der Waals surface area contributed by atoms with E-state index in [0.717, 1.165) is 11.8 Å². The molecule has 0 aromatic heterocycles. The maximum absolute atomic E-state index is 10.9. The molecule has 35 heavy (non-hydrogen) atoms. The molecule has 2 N–H and O–H groups in total. The number of carboxylic acid groups (broad SMARTS) is 1. The second-order valence-corrected chi connectivity index (χ2v) is 8.71. The van der Waals surface area contributed by atoms with Gasteiger partial charge in [0.15, 0.2) is 0 Å². The van der Waals surface area contributed by atoms with Crippen LogP contribution in [0.4, 0.5) is 4.79 Å². The van der Waals surface area contributed by atoms with Crippen LogP contribution in [-0.2, 0) is 15.3 Å². The average Bonchev–Trinajstić information content (AvgIpc) is 3.35. The van der Waals surface area contributed by atoms with Crippen molar-refractivity contribution < 1.29 is 19.4 Å². The summed E-state index contributed by atoms with van der Waals surface area (Å²) in [6.45, 7) is 20.5. The Morgan fingerprint density at radius 3 is 2.00 bits per heavy atom. The van der Waals surface area contributed by atoms with Gasteiger partial charge in [-0.3, -0.25) is 4.79 Å². The number of hydrogen-bond donors (Lipinski definition) is 2. The highest BCUT2D eigenvalue weighted by Gasteiger charge is 2.16. The van der Waals surface area contributed by atoms with E-state index in [0.29, 0.717) is 0 Å². The lowest BCUT2D eigenvalue weighted by molar-refractivity contribution is -0.122. The summed E-state index contributed by atoms with van der Waals surface area (Å²) in [6.07, 6.45) is 3.78. The Bertz CT molecular complexity index is 544. The summed E-state index contributed by atoms with van der Waals surface area (Å²) in [5.41, 5.74) is 1.06. The number of amides is 1. The van der Waals surface area contributed by atoms with E-state index in [2.05, 4.69) is 60.6 Å². The molecule has 1 aromatic carbocycles. The average molecular weight is 517 g/mol. The number of rotatable bonds is 5. The van der Waals surface area contributed by atoms with Crippen LogP contribution in [0.2, 0.25) is 0 Å². The van der Waals surface area contributed by atoms with Gasteiger partial charge >= 0.3 is 6.09 Å². The number of nitrogens with one attached hydrogen (secondary N) is 1. The molecule has 0 radical (unpaired) electrons. The van der Waals surface area contributed by atoms with Crippen molar-refractivity contribution in [2.75, 3.05) is 26.4 Å². The predicted octanol–water partition coefficient (Wildman–Crippen LogP) is 7.74. The topological polar surface area (TPSA) is 78.9 Å². The Morgan fingerprint density at radius 1 is 1.17 bits per heavy atom. The molecule has 1 unspecified atom stereocenters. The normalized spacial score (nSPS) is 12.8. The Hall–Kier alpha value is -1.99. The summed E-state index contributed by atoms with van der Waals surface area (Å²) >= 11 is 2.05. The lowest BCUT2D eigenvalue weighted by Gasteiger charge is -2.22. The second-order valence-electron chi connectivity index (χ2n) is 7.60. The zero-order valence-electron chi connectivity index (χ0n) is 23.2. The largest absolute Gasteiger partial charge is 0.483 e. The van der Waals surface area contributed by atoms with Gasteiger partial charge in [0.25, 0.3) is 6.47 Å². The second kappa shape index (κ2) is 32.0. The first-order valence-corrected chi connectivity index (χ1v) is 13.2. The highest BCUT2D eigenvalue weighted by molar-refractivity contribution is 7.98. The molecule has 0 saturated carbocycles. The summed E-state index contributed by atoms with van der Waals surface area (Å²) in [6, 6.07) is 11.5. The lowest BCUT2D eigenvalue weighted by atomic mass is 10.2. The molecule has 0 bridgehead atoms. The molecule has 1 aromatic rings. The fourth-order valence-corrected chi connectivity index (χ4v) is 3.37. The molecular weight excluding hydrogens is 460 g/mol. The number of benzene rings is 1. The monoisotopic (exact) mass is 516 g/mol. The van der Waals surface area contributed by atoms with E-state index in [-0.39, 0.29) is 25.6 Å². The van der Waals surface area contributed by atoms with Crippen LogP contribution < -0.4 is 5.32 Å². The fraction of sp³-hybridized carbons (Fsp3) is 0.643. The van der Waals surface area contributed by atoms with Gasteiger partial charge in [0.1, 0.15) is 5.60 Å². The summed E-state index contributed by atoms with van der Waals surface area (Å²) in [4.78, 5) is 20.6. The maximum Gasteiger partial charge on any atom is 0.409 e. The molecule has 1 saturated heterocycles. The van der Waals surface area contributed by atoms with Crippen molar-refractivity contribution in [2.24, 2.45) is 0 Å². The Balaban J connectivity index is -0.000000131. The molecule has 6 nitrogen and oxygen atoms in total. The molecule has 1 aliphatic rings. The number of nitrogens with zero attached hydrogens (tertiary/aromatic N) is 1. The molecule has 1 amide bonds. The molecule has 1 heterocycles. The SMILES string of the molecule is C.C=C.CC.CC.CN(C)C(=O)OC(C)(C)C.O=CO.c1ccc(CSCCC2CCCN2)cc1. The van der Waals surface area contributed by atoms with Gasteiger partial charge < -0.3 is 20.1 Å². The summed E-state index contributed by atoms with van der Waals surface area (Å²) in [7, 11) is 3.32. The van der Waals surface area contributed by atoms with E-state index < -0.39 is 0 Å². The van der Waals surface area contributed by atoms with Crippen molar-refractivity contribution in [1.82, 2.24) is 10.2 Å². The Labute approximate surface area is 221 Å². The highest BCUT2D eigenvalue weighted by atomic mass is 32.2. The minimum absolute atomic E-state index is 0. The summed E-state index contributed by atoms with van der Waals surface area (Å²) in [5.74, 6) is 2.44. The van der Waals surface area contributed by atoms with E-state index in [9.17, 15) is 4.79 Å². The van der Waals surface area contributed by atoms with Crippen molar-refractivity contribution in [2.45, 2.75) is 92.6 Å². The first-order valence-electron chi connectivity index (χ1n) is 12.0. The van der Waals surface area contributed by atoms with E-state index in [1.165, 1.54) is 42.0 Å². The molecule has 0 spiro atoms. The highest BCUT2D eigenvalue weighted by Crippen LogP contribution is 2.16. The van der Waals surface area contributed by atoms with Crippen molar-refractivity contribution in [3.8, 4) is 0 Å². The third-order valence-corrected chi connectivity index (χ3v) is 4.71. The van der Waals surface area contributed by atoms with E-state index in [4.69, 9.17) is 14.6 Å². The van der Waals surface area contributed by atoms with E-state index in [1.54, 1.807) is 14.1 Å². The molecule has 1 atom stereocenters. The number of thioether (sulfide) groups is 1. The number of hydrogen-bond acceptors (Lipinski definition) is 5. The van der Waals surface area contributed by atoms with Crippen molar-refractivity contribution in [1.29, 1.82) is 0 Å². The third-order valence-electron chi connectivity index (χ3n) is 3.64. The quantitative estimate of drug-likeness (QED) is 0.237. The molecule has 7 heteroatoms.